The van der Waals surface area contributed by atoms with Crippen LogP contribution in [0.3, 0.4) is 0 Å². The molecule has 1 unspecified atom stereocenters. The average molecular weight is 1010 g/mol. The van der Waals surface area contributed by atoms with E-state index in [1.54, 1.807) is 0 Å². The molecule has 0 aliphatic heterocycles. The Bertz CT molecular complexity index is 4870. The summed E-state index contributed by atoms with van der Waals surface area (Å²) in [5, 5.41) is 8.80. The Labute approximate surface area is 456 Å². The molecule has 1 spiro atoms. The third-order valence-corrected chi connectivity index (χ3v) is 18.2. The monoisotopic (exact) mass is 1000 g/mol. The lowest BCUT2D eigenvalue weighted by atomic mass is 9.69. The zero-order valence-electron chi connectivity index (χ0n) is 43.2. The van der Waals surface area contributed by atoms with Crippen molar-refractivity contribution in [2.75, 3.05) is 0 Å². The van der Waals surface area contributed by atoms with Gasteiger partial charge in [-0.1, -0.05) is 182 Å². The minimum Gasteiger partial charge on any atom is -0.326 e. The van der Waals surface area contributed by atoms with Gasteiger partial charge in [0.25, 0.3) is 0 Å². The predicted octanol–water partition coefficient (Wildman–Crippen LogP) is 18.2. The molecule has 0 radical (unpaired) electrons. The van der Waals surface area contributed by atoms with Crippen LogP contribution in [0, 0.1) is 11.8 Å². The van der Waals surface area contributed by atoms with Crippen LogP contribution in [0.4, 0.5) is 0 Å². The second kappa shape index (κ2) is 16.0. The molecular formula is C75H48N4. The standard InChI is InChI=1S/C75H48N4/c1-9-28-67-55(19-1)56-20-2-10-29-68(56)76(67)47-18-17-27-51-52-40-36-48(77-69-30-11-3-21-57(69)58-22-4-12-31-70(58)77)44-64(52)75(63(51)43-39-47)65-45-49(78-71-32-13-5-23-59(71)60-24-6-14-33-72(60)78)37-41-53(65)54-42-38-50(46-66(54)75)79-73-34-15-7-25-61(73)62-26-8-16-35-74(62)79/h1-11,13-17,19-30,32-38,40-42,44-47H,12,18,31H2. The summed E-state index contributed by atoms with van der Waals surface area (Å²) in [6.07, 6.45) is 12.3. The molecular weight excluding hydrogens is 957 g/mol. The molecule has 1 atom stereocenters. The van der Waals surface area contributed by atoms with Crippen LogP contribution in [0.25, 0.3) is 116 Å². The lowest BCUT2D eigenvalue weighted by Gasteiger charge is -2.32. The molecule has 0 saturated carbocycles. The van der Waals surface area contributed by atoms with Gasteiger partial charge in [0.05, 0.1) is 50.1 Å². The number of aromatic nitrogens is 4. The topological polar surface area (TPSA) is 19.7 Å². The number of fused-ring (bicyclic) bond motifs is 21. The van der Waals surface area contributed by atoms with Gasteiger partial charge < -0.3 is 18.3 Å². The predicted molar refractivity (Wildman–Crippen MR) is 328 cm³/mol. The van der Waals surface area contributed by atoms with E-state index in [0.29, 0.717) is 0 Å². The summed E-state index contributed by atoms with van der Waals surface area (Å²) in [6, 6.07) is 84.1. The Morgan fingerprint density at radius 1 is 0.380 bits per heavy atom. The van der Waals surface area contributed by atoms with Crippen molar-refractivity contribution in [2.45, 2.75) is 30.7 Å². The largest absolute Gasteiger partial charge is 0.326 e. The van der Waals surface area contributed by atoms with Gasteiger partial charge in [-0.3, -0.25) is 0 Å². The van der Waals surface area contributed by atoms with Crippen LogP contribution >= 0.6 is 0 Å². The molecule has 18 rings (SSSR count). The number of hydrogen-bond donors (Lipinski definition) is 0. The fourth-order valence-corrected chi connectivity index (χ4v) is 15.0. The molecule has 4 nitrogen and oxygen atoms in total. The Kier molecular flexibility index (Phi) is 8.72. The van der Waals surface area contributed by atoms with Crippen LogP contribution in [0.5, 0.6) is 0 Å². The average Bonchev–Trinajstić information content (AvgIpc) is 3.10. The first kappa shape index (κ1) is 43.1. The Balaban J connectivity index is 0.971. The molecule has 10 aromatic carbocycles. The van der Waals surface area contributed by atoms with Crippen molar-refractivity contribution in [1.82, 2.24) is 18.3 Å². The number of rotatable bonds is 4. The fraction of sp³-hybridized carbons (Fsp3) is 0.0667. The molecule has 4 heteroatoms. The zero-order chi connectivity index (χ0) is 51.5. The summed E-state index contributed by atoms with van der Waals surface area (Å²) in [4.78, 5) is 0. The highest BCUT2D eigenvalue weighted by Gasteiger charge is 2.53. The molecule has 14 aromatic rings. The Morgan fingerprint density at radius 3 is 1.29 bits per heavy atom. The summed E-state index contributed by atoms with van der Waals surface area (Å²) in [6.45, 7) is 0. The highest BCUT2D eigenvalue weighted by molar-refractivity contribution is 6.12. The maximum atomic E-state index is 4.20. The third kappa shape index (κ3) is 5.68. The quantitative estimate of drug-likeness (QED) is 0.157. The maximum Gasteiger partial charge on any atom is 0.0991 e. The maximum absolute atomic E-state index is 4.20. The van der Waals surface area contributed by atoms with E-state index in [1.807, 2.05) is 0 Å². The minimum atomic E-state index is -0.822. The number of hydrogen-bond acceptors (Lipinski definition) is 0. The molecule has 4 aromatic heterocycles. The van der Waals surface area contributed by atoms with Gasteiger partial charge in [0.1, 0.15) is 0 Å². The van der Waals surface area contributed by atoms with E-state index in [9.17, 15) is 0 Å². The minimum absolute atomic E-state index is 0.120. The smallest absolute Gasteiger partial charge is 0.0991 e. The van der Waals surface area contributed by atoms with E-state index in [2.05, 4.69) is 279 Å². The molecule has 4 aliphatic rings. The molecule has 0 saturated heterocycles. The summed E-state index contributed by atoms with van der Waals surface area (Å²) in [5.74, 6) is 8.30. The molecule has 0 bridgehead atoms. The van der Waals surface area contributed by atoms with Gasteiger partial charge in [0.2, 0.25) is 0 Å². The summed E-state index contributed by atoms with van der Waals surface area (Å²) in [5.41, 5.74) is 23.5. The summed E-state index contributed by atoms with van der Waals surface area (Å²) >= 11 is 0. The summed E-state index contributed by atoms with van der Waals surface area (Å²) < 4.78 is 10.0. The SMILES string of the molecule is C1#CC(n2c3ccccc3c3ccccc32)CC=CC2=C1C1(c3cc(-n4c5c(c6ccccc64)C=CCC5)ccc32)c2cc(-n3c4ccccc4c4ccccc43)ccc2-c2ccc(-n3c4ccccc4c4ccccc43)cc21. The fourth-order valence-electron chi connectivity index (χ4n) is 15.0. The van der Waals surface area contributed by atoms with E-state index in [0.717, 1.165) is 36.2 Å². The van der Waals surface area contributed by atoms with Crippen LogP contribution in [-0.4, -0.2) is 18.3 Å². The lowest BCUT2D eigenvalue weighted by Crippen LogP contribution is -2.28. The highest BCUT2D eigenvalue weighted by atomic mass is 15.0. The van der Waals surface area contributed by atoms with Crippen LogP contribution in [0.2, 0.25) is 0 Å². The van der Waals surface area contributed by atoms with Crippen LogP contribution in [-0.2, 0) is 11.8 Å². The van der Waals surface area contributed by atoms with Crippen molar-refractivity contribution in [3.8, 4) is 40.0 Å². The van der Waals surface area contributed by atoms with E-state index in [1.165, 1.54) is 132 Å². The Hall–Kier alpha value is -10.1. The molecule has 79 heavy (non-hydrogen) atoms. The van der Waals surface area contributed by atoms with Gasteiger partial charge in [-0.05, 0) is 137 Å². The van der Waals surface area contributed by atoms with Gasteiger partial charge in [-0.2, -0.15) is 0 Å². The summed E-state index contributed by atoms with van der Waals surface area (Å²) in [7, 11) is 0. The third-order valence-electron chi connectivity index (χ3n) is 18.2. The second-order valence-corrected chi connectivity index (χ2v) is 21.9. The van der Waals surface area contributed by atoms with Crippen LogP contribution in [0.1, 0.15) is 52.4 Å². The van der Waals surface area contributed by atoms with E-state index >= 15 is 0 Å². The van der Waals surface area contributed by atoms with Crippen LogP contribution in [0.15, 0.2) is 248 Å². The normalized spacial score (nSPS) is 15.8. The number of para-hydroxylation sites is 7. The van der Waals surface area contributed by atoms with Crippen molar-refractivity contribution in [3.63, 3.8) is 0 Å². The molecule has 4 aliphatic carbocycles. The van der Waals surface area contributed by atoms with Crippen molar-refractivity contribution < 1.29 is 0 Å². The molecule has 0 fully saturated rings. The molecule has 368 valence electrons. The molecule has 4 heterocycles. The molecule has 0 N–H and O–H groups in total. The van der Waals surface area contributed by atoms with E-state index in [4.69, 9.17) is 0 Å². The van der Waals surface area contributed by atoms with E-state index < -0.39 is 5.41 Å². The zero-order valence-corrected chi connectivity index (χ0v) is 43.2. The van der Waals surface area contributed by atoms with Gasteiger partial charge >= 0.3 is 0 Å². The van der Waals surface area contributed by atoms with Crippen molar-refractivity contribution >= 4 is 88.0 Å². The number of allylic oxidation sites excluding steroid dienone is 5. The lowest BCUT2D eigenvalue weighted by molar-refractivity contribution is 0.673. The van der Waals surface area contributed by atoms with E-state index in [-0.39, 0.29) is 6.04 Å². The van der Waals surface area contributed by atoms with Gasteiger partial charge in [-0.15, -0.1) is 0 Å². The number of benzene rings is 10. The first-order valence-corrected chi connectivity index (χ1v) is 27.8. The van der Waals surface area contributed by atoms with Crippen molar-refractivity contribution in [3.05, 3.63) is 282 Å². The van der Waals surface area contributed by atoms with Gasteiger partial charge in [0, 0.05) is 71.6 Å². The van der Waals surface area contributed by atoms with Gasteiger partial charge in [-0.25, -0.2) is 0 Å². The van der Waals surface area contributed by atoms with Crippen molar-refractivity contribution in [2.24, 2.45) is 0 Å². The second-order valence-electron chi connectivity index (χ2n) is 21.9. The number of nitrogens with zero attached hydrogens (tertiary/aromatic N) is 4. The van der Waals surface area contributed by atoms with Crippen molar-refractivity contribution in [1.29, 1.82) is 0 Å². The van der Waals surface area contributed by atoms with Gasteiger partial charge in [0.15, 0.2) is 0 Å². The first-order chi connectivity index (χ1) is 39.2. The Morgan fingerprint density at radius 2 is 0.785 bits per heavy atom. The highest BCUT2D eigenvalue weighted by Crippen LogP contribution is 2.63. The molecule has 0 amide bonds. The first-order valence-electron chi connectivity index (χ1n) is 27.8. The van der Waals surface area contributed by atoms with Crippen LogP contribution < -0.4 is 0 Å².